The number of imidazole rings is 1. The van der Waals surface area contributed by atoms with E-state index in [2.05, 4.69) is 10.2 Å². The summed E-state index contributed by atoms with van der Waals surface area (Å²) in [6.45, 7) is 3.83. The van der Waals surface area contributed by atoms with E-state index in [1.54, 1.807) is 35.4 Å². The van der Waals surface area contributed by atoms with Gasteiger partial charge in [-0.05, 0) is 42.3 Å². The van der Waals surface area contributed by atoms with Crippen molar-refractivity contribution >= 4 is 28.5 Å². The minimum atomic E-state index is -0.711. The van der Waals surface area contributed by atoms with E-state index >= 15 is 0 Å². The molecule has 2 amide bonds. The molecule has 34 heavy (non-hydrogen) atoms. The third-order valence-corrected chi connectivity index (χ3v) is 6.85. The van der Waals surface area contributed by atoms with Gasteiger partial charge < -0.3 is 15.0 Å². The van der Waals surface area contributed by atoms with Crippen LogP contribution in [0.25, 0.3) is 11.0 Å². The first-order valence-corrected chi connectivity index (χ1v) is 11.6. The molecule has 3 heterocycles. The van der Waals surface area contributed by atoms with Gasteiger partial charge in [-0.25, -0.2) is 4.79 Å². The molecule has 2 aliphatic rings. The number of rotatable bonds is 5. The van der Waals surface area contributed by atoms with Gasteiger partial charge in [-0.2, -0.15) is 0 Å². The predicted octanol–water partition coefficient (Wildman–Crippen LogP) is 1.65. The molecule has 1 aromatic heterocycles. The molecule has 1 atom stereocenters. The van der Waals surface area contributed by atoms with E-state index in [0.717, 1.165) is 42.9 Å². The third kappa shape index (κ3) is 3.86. The lowest BCUT2D eigenvalue weighted by molar-refractivity contribution is -0.151. The second-order valence-electron chi connectivity index (χ2n) is 8.84. The normalized spacial score (nSPS) is 19.2. The number of anilines is 1. The number of aryl methyl sites for hydroxylation is 1. The molecule has 0 bridgehead atoms. The number of carbonyl (C=O) groups is 2. The van der Waals surface area contributed by atoms with Crippen LogP contribution in [0.5, 0.6) is 5.75 Å². The fourth-order valence-corrected chi connectivity index (χ4v) is 4.91. The van der Waals surface area contributed by atoms with E-state index in [4.69, 9.17) is 4.74 Å². The lowest BCUT2D eigenvalue weighted by atomic mass is 10.0. The maximum atomic E-state index is 13.5. The standard InChI is InChI=1S/C25H29N5O4/c1-27-22-15-18(28-13-11-26-12-14-28)5-8-20(22)30(25(27)33)21-9-10-23(31)29(24(21)32)16-17-3-6-19(34-2)7-4-17/h3-8,15,21,26H,9-14,16H2,1-2H3. The molecular weight excluding hydrogens is 434 g/mol. The van der Waals surface area contributed by atoms with Crippen LogP contribution < -0.4 is 20.6 Å². The molecule has 2 fully saturated rings. The molecule has 2 aromatic carbocycles. The fraction of sp³-hybridized carbons (Fsp3) is 0.400. The maximum Gasteiger partial charge on any atom is 0.329 e. The minimum absolute atomic E-state index is 0.171. The van der Waals surface area contributed by atoms with Crippen molar-refractivity contribution in [2.75, 3.05) is 38.2 Å². The number of benzene rings is 2. The van der Waals surface area contributed by atoms with E-state index in [0.29, 0.717) is 17.7 Å². The van der Waals surface area contributed by atoms with Gasteiger partial charge in [0.2, 0.25) is 5.91 Å². The first-order chi connectivity index (χ1) is 16.5. The zero-order valence-corrected chi connectivity index (χ0v) is 19.5. The van der Waals surface area contributed by atoms with Gasteiger partial charge in [-0.15, -0.1) is 0 Å². The number of piperidine rings is 1. The highest BCUT2D eigenvalue weighted by Gasteiger charge is 2.37. The summed E-state index contributed by atoms with van der Waals surface area (Å²) in [7, 11) is 3.32. The summed E-state index contributed by atoms with van der Waals surface area (Å²) in [6.07, 6.45) is 0.531. The number of amides is 2. The zero-order chi connectivity index (χ0) is 23.8. The third-order valence-electron chi connectivity index (χ3n) is 6.85. The second kappa shape index (κ2) is 8.98. The molecule has 3 aromatic rings. The van der Waals surface area contributed by atoms with E-state index in [-0.39, 0.29) is 30.5 Å². The molecule has 9 heteroatoms. The number of carbonyl (C=O) groups excluding carboxylic acids is 2. The molecule has 9 nitrogen and oxygen atoms in total. The van der Waals surface area contributed by atoms with Gasteiger partial charge in [-0.3, -0.25) is 23.6 Å². The quantitative estimate of drug-likeness (QED) is 0.579. The van der Waals surface area contributed by atoms with Crippen LogP contribution >= 0.6 is 0 Å². The molecule has 0 spiro atoms. The molecule has 2 saturated heterocycles. The molecule has 1 N–H and O–H groups in total. The Morgan fingerprint density at radius 1 is 1.00 bits per heavy atom. The van der Waals surface area contributed by atoms with Crippen molar-refractivity contribution in [3.63, 3.8) is 0 Å². The average Bonchev–Trinajstić information content (AvgIpc) is 3.12. The molecule has 2 aliphatic heterocycles. The number of likely N-dealkylation sites (tertiary alicyclic amines) is 1. The summed E-state index contributed by atoms with van der Waals surface area (Å²) >= 11 is 0. The smallest absolute Gasteiger partial charge is 0.329 e. The van der Waals surface area contributed by atoms with E-state index in [9.17, 15) is 14.4 Å². The number of imide groups is 1. The number of piperazine rings is 1. The first-order valence-electron chi connectivity index (χ1n) is 11.6. The highest BCUT2D eigenvalue weighted by Crippen LogP contribution is 2.29. The monoisotopic (exact) mass is 463 g/mol. The Morgan fingerprint density at radius 3 is 2.44 bits per heavy atom. The molecular formula is C25H29N5O4. The number of fused-ring (bicyclic) bond motifs is 1. The zero-order valence-electron chi connectivity index (χ0n) is 19.5. The second-order valence-corrected chi connectivity index (χ2v) is 8.84. The van der Waals surface area contributed by atoms with Crippen LogP contribution in [0.2, 0.25) is 0 Å². The lowest BCUT2D eigenvalue weighted by Gasteiger charge is -2.31. The maximum absolute atomic E-state index is 13.5. The van der Waals surface area contributed by atoms with Gasteiger partial charge in [0, 0.05) is 45.3 Å². The van der Waals surface area contributed by atoms with Gasteiger partial charge in [0.1, 0.15) is 11.8 Å². The fourth-order valence-electron chi connectivity index (χ4n) is 4.91. The van der Waals surface area contributed by atoms with Gasteiger partial charge in [0.05, 0.1) is 24.7 Å². The van der Waals surface area contributed by atoms with Crippen LogP contribution in [0, 0.1) is 0 Å². The van der Waals surface area contributed by atoms with Crippen molar-refractivity contribution in [2.45, 2.75) is 25.4 Å². The van der Waals surface area contributed by atoms with Crippen molar-refractivity contribution in [3.8, 4) is 5.75 Å². The summed E-state index contributed by atoms with van der Waals surface area (Å²) in [6, 6.07) is 12.5. The van der Waals surface area contributed by atoms with E-state index < -0.39 is 6.04 Å². The van der Waals surface area contributed by atoms with Gasteiger partial charge in [0.25, 0.3) is 5.91 Å². The SMILES string of the molecule is COc1ccc(CN2C(=O)CCC(n3c(=O)n(C)c4cc(N5CCNCC5)ccc43)C2=O)cc1. The number of hydrogen-bond acceptors (Lipinski definition) is 6. The molecule has 0 radical (unpaired) electrons. The Labute approximate surface area is 197 Å². The van der Waals surface area contributed by atoms with Crippen molar-refractivity contribution < 1.29 is 14.3 Å². The summed E-state index contributed by atoms with van der Waals surface area (Å²) in [5.74, 6) is 0.152. The molecule has 178 valence electrons. The molecule has 0 aliphatic carbocycles. The molecule has 0 saturated carbocycles. The highest BCUT2D eigenvalue weighted by molar-refractivity contribution is 6.00. The summed E-state index contributed by atoms with van der Waals surface area (Å²) in [4.78, 5) is 43.0. The average molecular weight is 464 g/mol. The van der Waals surface area contributed by atoms with Crippen molar-refractivity contribution in [1.82, 2.24) is 19.4 Å². The van der Waals surface area contributed by atoms with Gasteiger partial charge in [-0.1, -0.05) is 12.1 Å². The van der Waals surface area contributed by atoms with Crippen LogP contribution in [0.4, 0.5) is 5.69 Å². The Balaban J connectivity index is 1.47. The molecule has 1 unspecified atom stereocenters. The summed E-state index contributed by atoms with van der Waals surface area (Å²) in [5, 5.41) is 3.35. The number of methoxy groups -OCH3 is 1. The lowest BCUT2D eigenvalue weighted by Crippen LogP contribution is -2.47. The first kappa shape index (κ1) is 22.2. The predicted molar refractivity (Wildman–Crippen MR) is 129 cm³/mol. The Kier molecular flexibility index (Phi) is 5.87. The van der Waals surface area contributed by atoms with Crippen LogP contribution in [0.3, 0.4) is 0 Å². The number of nitrogens with zero attached hydrogens (tertiary/aromatic N) is 4. The van der Waals surface area contributed by atoms with Crippen LogP contribution in [-0.4, -0.2) is 59.1 Å². The van der Waals surface area contributed by atoms with Crippen molar-refractivity contribution in [1.29, 1.82) is 0 Å². The van der Waals surface area contributed by atoms with Crippen LogP contribution in [0.1, 0.15) is 24.4 Å². The highest BCUT2D eigenvalue weighted by atomic mass is 16.5. The Bertz CT molecular complexity index is 1290. The topological polar surface area (TPSA) is 88.8 Å². The van der Waals surface area contributed by atoms with Crippen LogP contribution in [-0.2, 0) is 23.2 Å². The van der Waals surface area contributed by atoms with Crippen molar-refractivity contribution in [2.24, 2.45) is 7.05 Å². The Hall–Kier alpha value is -3.59. The largest absolute Gasteiger partial charge is 0.497 e. The van der Waals surface area contributed by atoms with Crippen LogP contribution in [0.15, 0.2) is 47.3 Å². The minimum Gasteiger partial charge on any atom is -0.497 e. The van der Waals surface area contributed by atoms with Gasteiger partial charge >= 0.3 is 5.69 Å². The number of aromatic nitrogens is 2. The van der Waals surface area contributed by atoms with Gasteiger partial charge in [0.15, 0.2) is 0 Å². The summed E-state index contributed by atoms with van der Waals surface area (Å²) in [5.41, 5.74) is 3.14. The number of nitrogens with one attached hydrogen (secondary N) is 1. The van der Waals surface area contributed by atoms with Crippen molar-refractivity contribution in [3.05, 3.63) is 58.5 Å². The van der Waals surface area contributed by atoms with E-state index in [1.807, 2.05) is 30.3 Å². The Morgan fingerprint density at radius 2 is 1.74 bits per heavy atom. The number of ether oxygens (including phenoxy) is 1. The number of hydrogen-bond donors (Lipinski definition) is 1. The molecule has 5 rings (SSSR count). The summed E-state index contributed by atoms with van der Waals surface area (Å²) < 4.78 is 8.34. The van der Waals surface area contributed by atoms with E-state index in [1.165, 1.54) is 4.90 Å².